The fraction of sp³-hybridized carbons (Fsp3) is 0.364. The molecule has 4 aromatic carbocycles. The number of fused-ring (bicyclic) bond motifs is 5. The van der Waals surface area contributed by atoms with E-state index in [4.69, 9.17) is 112 Å². The van der Waals surface area contributed by atoms with Gasteiger partial charge in [0.2, 0.25) is 28.9 Å². The third-order valence-electron chi connectivity index (χ3n) is 24.8. The number of ether oxygens (including phenoxy) is 4. The molecule has 20 rings (SSSR count). The van der Waals surface area contributed by atoms with E-state index in [0.717, 1.165) is 246 Å². The Hall–Kier alpha value is -7.53. The lowest BCUT2D eigenvalue weighted by Gasteiger charge is -2.32. The van der Waals surface area contributed by atoms with Gasteiger partial charge in [-0.3, -0.25) is 43.6 Å². The van der Waals surface area contributed by atoms with Crippen molar-refractivity contribution in [2.45, 2.75) is 80.2 Å². The molecule has 16 heterocycles. The summed E-state index contributed by atoms with van der Waals surface area (Å²) in [7, 11) is 2.17. The van der Waals surface area contributed by atoms with E-state index in [9.17, 15) is 24.0 Å². The van der Waals surface area contributed by atoms with Gasteiger partial charge in [0.05, 0.1) is 99.2 Å². The highest BCUT2D eigenvalue weighted by molar-refractivity contribution is 7.22. The average Bonchev–Trinajstić information content (AvgIpc) is 1.66. The lowest BCUT2D eigenvalue weighted by molar-refractivity contribution is 0.0364. The standard InChI is InChI=1S/C21H23Cl2N3OS.2C20H20Cl2N2O2S.C20H19Cl2NO2S.C18H20N4O2S/c1-14-12-15-13-18(20(27)16-4-3-5-17(22)19(16)23)28-21(15)26(14)11-10-25-8-6-24(2)7-9-25;1-13-10-14-11-18(19(25)16-12-15(21)2-3-17(16)22)27-20(14)24(13)5-4-23-6-8-26-9-7-23;1-13-11-14-12-17(19(25)15-3-2-4-16(21)18(15)22)27-20(14)24(13)6-5-23-7-9-26-10-8-23;1-12-9-14-10-17(19(24)15-3-2-4-16(21)18(15)22)26-20(14)23(12)11-13-5-7-25-8-6-13;1-13-10-14-11-16(17(23)15-2-3-19-12-20-15)25-18(14)22(13)5-4-21-6-8-24-9-7-21/h3-5,12-13H,6-11H2,1-2H3;2-3,10-12H,4-9H2,1H3;2-4,11-12H,5-10H2,1H3;2-4,9-10,13H,5-8,11H2,1H3;2-3,10-12H,4-9H2,1H3. The van der Waals surface area contributed by atoms with Crippen LogP contribution in [0, 0.1) is 40.5 Å². The highest BCUT2D eigenvalue weighted by atomic mass is 35.5. The number of aryl methyl sites for hydroxylation is 5. The molecular weight excluding hydrogens is 1950 g/mol. The van der Waals surface area contributed by atoms with Crippen LogP contribution in [-0.4, -0.2) is 238 Å². The van der Waals surface area contributed by atoms with E-state index in [-0.39, 0.29) is 28.9 Å². The minimum Gasteiger partial charge on any atom is -0.381 e. The molecule has 5 aliphatic rings. The van der Waals surface area contributed by atoms with E-state index in [0.29, 0.717) is 93.6 Å². The van der Waals surface area contributed by atoms with Crippen LogP contribution in [0.1, 0.15) is 118 Å². The molecule has 5 aliphatic heterocycles. The molecule has 34 heteroatoms. The normalized spacial score (nSPS) is 15.7. The summed E-state index contributed by atoms with van der Waals surface area (Å²) in [4.78, 5) is 93.6. The van der Waals surface area contributed by atoms with Crippen molar-refractivity contribution in [2.75, 3.05) is 152 Å². The molecule has 0 saturated carbocycles. The molecule has 0 bridgehead atoms. The number of piperazine rings is 1. The number of ketones is 5. The van der Waals surface area contributed by atoms with E-state index in [1.165, 1.54) is 80.1 Å². The Morgan fingerprint density at radius 3 is 1.00 bits per heavy atom. The molecule has 5 fully saturated rings. The zero-order valence-electron chi connectivity index (χ0n) is 74.6. The first-order valence-electron chi connectivity index (χ1n) is 44.4. The monoisotopic (exact) mass is 2040 g/mol. The SMILES string of the molecule is Cc1cc2cc(C(=O)c3cc(Cl)ccc3Cl)sc2n1CCN1CCOCC1.Cc1cc2cc(C(=O)c3cccc(Cl)c3Cl)sc2n1CC1CCOCC1.Cc1cc2cc(C(=O)c3cccc(Cl)c3Cl)sc2n1CCN1CCN(C)CC1.Cc1cc2cc(C(=O)c3cccc(Cl)c3Cl)sc2n1CCN1CCOCC1.Cc1cc2cc(C(=O)c3ccncn3)sc2n1CCN1CCOCC1. The predicted octanol–water partition coefficient (Wildman–Crippen LogP) is 22.9. The van der Waals surface area contributed by atoms with Crippen LogP contribution in [0.2, 0.25) is 40.2 Å². The van der Waals surface area contributed by atoms with Crippen molar-refractivity contribution in [1.82, 2.24) is 57.3 Å². The third kappa shape index (κ3) is 23.6. The number of benzene rings is 4. The number of hydrogen-bond donors (Lipinski definition) is 0. The van der Waals surface area contributed by atoms with Crippen LogP contribution in [-0.2, 0) is 51.7 Å². The molecule has 133 heavy (non-hydrogen) atoms. The summed E-state index contributed by atoms with van der Waals surface area (Å²) in [5, 5.41) is 8.64. The fourth-order valence-electron chi connectivity index (χ4n) is 17.3. The summed E-state index contributed by atoms with van der Waals surface area (Å²) in [6.45, 7) is 36.1. The zero-order valence-corrected chi connectivity index (χ0v) is 84.8. The van der Waals surface area contributed by atoms with E-state index < -0.39 is 0 Å². The number of likely N-dealkylation sites (N-methyl/N-ethyl adjacent to an activating group) is 1. The summed E-state index contributed by atoms with van der Waals surface area (Å²) in [6, 6.07) is 42.7. The van der Waals surface area contributed by atoms with E-state index in [1.54, 1.807) is 96.4 Å². The van der Waals surface area contributed by atoms with Gasteiger partial charge in [-0.15, -0.1) is 56.7 Å². The van der Waals surface area contributed by atoms with Gasteiger partial charge < -0.3 is 46.7 Å². The first-order chi connectivity index (χ1) is 64.3. The maximum atomic E-state index is 13.0. The Bertz CT molecular complexity index is 6580. The molecule has 0 spiro atoms. The smallest absolute Gasteiger partial charge is 0.221 e. The molecular formula is C99H102Cl8N12O9S5. The van der Waals surface area contributed by atoms with E-state index in [1.807, 2.05) is 30.3 Å². The first kappa shape index (κ1) is 98.5. The Morgan fingerprint density at radius 2 is 0.654 bits per heavy atom. The van der Waals surface area contributed by atoms with Crippen molar-refractivity contribution >= 4 is 229 Å². The number of hydrogen-bond acceptors (Lipinski definition) is 21. The lowest BCUT2D eigenvalue weighted by atomic mass is 10.0. The number of carbonyl (C=O) groups excluding carboxylic acids is 5. The highest BCUT2D eigenvalue weighted by Gasteiger charge is 2.29. The van der Waals surface area contributed by atoms with Crippen molar-refractivity contribution in [2.24, 2.45) is 5.92 Å². The highest BCUT2D eigenvalue weighted by Crippen LogP contribution is 2.41. The average molecular weight is 2050 g/mol. The molecule has 15 aromatic rings. The number of nitrogens with zero attached hydrogens (tertiary/aromatic N) is 12. The molecule has 0 radical (unpaired) electrons. The van der Waals surface area contributed by atoms with Crippen LogP contribution < -0.4 is 0 Å². The number of aromatic nitrogens is 7. The van der Waals surface area contributed by atoms with Crippen LogP contribution in [0.25, 0.3) is 51.1 Å². The third-order valence-corrected chi connectivity index (χ3v) is 33.7. The van der Waals surface area contributed by atoms with Gasteiger partial charge in [-0.1, -0.05) is 111 Å². The second-order valence-electron chi connectivity index (χ2n) is 33.7. The number of halogens is 8. The predicted molar refractivity (Wildman–Crippen MR) is 547 cm³/mol. The topological polar surface area (TPSA) is 189 Å². The maximum Gasteiger partial charge on any atom is 0.221 e. The molecule has 0 amide bonds. The minimum atomic E-state index is -0.0823. The van der Waals surface area contributed by atoms with Gasteiger partial charge in [0.15, 0.2) is 0 Å². The summed E-state index contributed by atoms with van der Waals surface area (Å²) < 4.78 is 33.3. The Morgan fingerprint density at radius 1 is 0.338 bits per heavy atom. The first-order valence-corrected chi connectivity index (χ1v) is 51.5. The van der Waals surface area contributed by atoms with E-state index in [2.05, 4.69) is 129 Å². The Kier molecular flexibility index (Phi) is 33.6. The van der Waals surface area contributed by atoms with Crippen molar-refractivity contribution in [3.63, 3.8) is 0 Å². The molecule has 0 aliphatic carbocycles. The lowest BCUT2D eigenvalue weighted by Crippen LogP contribution is -2.45. The second-order valence-corrected chi connectivity index (χ2v) is 42.1. The van der Waals surface area contributed by atoms with Crippen LogP contribution in [0.15, 0.2) is 152 Å². The van der Waals surface area contributed by atoms with Crippen LogP contribution in [0.3, 0.4) is 0 Å². The van der Waals surface area contributed by atoms with Gasteiger partial charge in [0, 0.05) is 226 Å². The van der Waals surface area contributed by atoms with Gasteiger partial charge in [0.25, 0.3) is 0 Å². The van der Waals surface area contributed by atoms with Crippen LogP contribution in [0.4, 0.5) is 0 Å². The summed E-state index contributed by atoms with van der Waals surface area (Å²) in [5.74, 6) is 0.274. The van der Waals surface area contributed by atoms with Crippen LogP contribution in [0.5, 0.6) is 0 Å². The quantitative estimate of drug-likeness (QED) is 0.0519. The Balaban J connectivity index is 0.000000121. The maximum absolute atomic E-state index is 13.0. The molecule has 21 nitrogen and oxygen atoms in total. The minimum absolute atomic E-state index is 0.0408. The largest absolute Gasteiger partial charge is 0.381 e. The molecule has 0 atom stereocenters. The second kappa shape index (κ2) is 45.4. The Labute approximate surface area is 833 Å². The van der Waals surface area contributed by atoms with Crippen LogP contribution >= 0.6 is 149 Å². The molecule has 5 saturated heterocycles. The molecule has 0 N–H and O–H groups in total. The summed E-state index contributed by atoms with van der Waals surface area (Å²) >= 11 is 56.8. The van der Waals surface area contributed by atoms with Gasteiger partial charge in [-0.25, -0.2) is 9.97 Å². The number of morpholine rings is 3. The number of rotatable bonds is 24. The van der Waals surface area contributed by atoms with Crippen molar-refractivity contribution in [3.8, 4) is 0 Å². The molecule has 0 unspecified atom stereocenters. The number of thiophene rings is 5. The fourth-order valence-corrected chi connectivity index (χ4v) is 24.7. The molecule has 11 aromatic heterocycles. The molecule has 698 valence electrons. The van der Waals surface area contributed by atoms with Crippen molar-refractivity contribution < 1.29 is 42.9 Å². The zero-order chi connectivity index (χ0) is 93.3. The van der Waals surface area contributed by atoms with Gasteiger partial charge in [0.1, 0.15) is 36.2 Å². The van der Waals surface area contributed by atoms with Gasteiger partial charge >= 0.3 is 0 Å². The van der Waals surface area contributed by atoms with Crippen molar-refractivity contribution in [3.05, 3.63) is 273 Å². The summed E-state index contributed by atoms with van der Waals surface area (Å²) in [5.41, 5.74) is 8.37. The number of carbonyl (C=O) groups is 5. The van der Waals surface area contributed by atoms with Gasteiger partial charge in [-0.05, 0) is 182 Å². The summed E-state index contributed by atoms with van der Waals surface area (Å²) in [6.07, 6.45) is 5.19. The van der Waals surface area contributed by atoms with Crippen molar-refractivity contribution in [1.29, 1.82) is 0 Å². The van der Waals surface area contributed by atoms with E-state index >= 15 is 0 Å². The van der Waals surface area contributed by atoms with Gasteiger partial charge in [-0.2, -0.15) is 0 Å².